The number of nitrogens with zero attached hydrogens (tertiary/aromatic N) is 1. The van der Waals surface area contributed by atoms with Crippen molar-refractivity contribution in [2.24, 2.45) is 0 Å². The highest BCUT2D eigenvalue weighted by Gasteiger charge is 2.08. The van der Waals surface area contributed by atoms with Crippen LogP contribution in [-0.4, -0.2) is 22.9 Å². The number of aromatic nitrogens is 1. The molecule has 0 saturated carbocycles. The van der Waals surface area contributed by atoms with Gasteiger partial charge in [-0.2, -0.15) is 0 Å². The van der Waals surface area contributed by atoms with Crippen LogP contribution < -0.4 is 4.57 Å². The van der Waals surface area contributed by atoms with Crippen molar-refractivity contribution in [1.82, 2.24) is 0 Å². The van der Waals surface area contributed by atoms with Gasteiger partial charge in [0, 0.05) is 6.07 Å². The van der Waals surface area contributed by atoms with E-state index in [1.807, 2.05) is 29.1 Å². The van der Waals surface area contributed by atoms with E-state index in [0.29, 0.717) is 6.54 Å². The summed E-state index contributed by atoms with van der Waals surface area (Å²) in [5.74, 6) is 0. The molecule has 0 radical (unpaired) electrons. The van der Waals surface area contributed by atoms with Gasteiger partial charge in [0.1, 0.15) is 6.10 Å². The lowest BCUT2D eigenvalue weighted by atomic mass is 10.3. The van der Waals surface area contributed by atoms with Gasteiger partial charge in [0.15, 0.2) is 18.9 Å². The highest BCUT2D eigenvalue weighted by atomic mass is 79.9. The summed E-state index contributed by atoms with van der Waals surface area (Å²) in [6.45, 7) is 0.204. The summed E-state index contributed by atoms with van der Waals surface area (Å²) in [7, 11) is 0. The molecule has 1 rings (SSSR count). The predicted molar refractivity (Wildman–Crippen MR) is 47.4 cm³/mol. The van der Waals surface area contributed by atoms with E-state index in [1.165, 1.54) is 0 Å². The van der Waals surface area contributed by atoms with E-state index in [1.54, 1.807) is 0 Å². The van der Waals surface area contributed by atoms with Gasteiger partial charge in [-0.1, -0.05) is 0 Å². The van der Waals surface area contributed by atoms with Crippen molar-refractivity contribution in [1.29, 1.82) is 0 Å². The maximum atomic E-state index is 9.12. The highest BCUT2D eigenvalue weighted by Crippen LogP contribution is 2.03. The lowest BCUT2D eigenvalue weighted by molar-refractivity contribution is -0.704. The second kappa shape index (κ2) is 4.54. The molecule has 2 N–H and O–H groups in total. The first kappa shape index (κ1) is 9.64. The van der Waals surface area contributed by atoms with Crippen LogP contribution in [0.5, 0.6) is 0 Å². The molecule has 1 atom stereocenters. The maximum Gasteiger partial charge on any atom is 0.183 e. The minimum Gasteiger partial charge on any atom is -0.393 e. The Labute approximate surface area is 79.4 Å². The molecule has 0 amide bonds. The van der Waals surface area contributed by atoms with Crippen molar-refractivity contribution in [3.63, 3.8) is 0 Å². The predicted octanol–water partition coefficient (Wildman–Crippen LogP) is 0.0898. The van der Waals surface area contributed by atoms with Gasteiger partial charge >= 0.3 is 0 Å². The smallest absolute Gasteiger partial charge is 0.183 e. The lowest BCUT2D eigenvalue weighted by Gasteiger charge is -2.01. The zero-order valence-electron chi connectivity index (χ0n) is 6.52. The molecule has 1 heterocycles. The number of hydrogen-bond donors (Lipinski definition) is 2. The summed E-state index contributed by atoms with van der Waals surface area (Å²) in [5, 5.41) is 17.7. The van der Waals surface area contributed by atoms with Gasteiger partial charge in [0.05, 0.1) is 11.1 Å². The topological polar surface area (TPSA) is 44.3 Å². The van der Waals surface area contributed by atoms with Crippen LogP contribution in [0.15, 0.2) is 29.0 Å². The minimum absolute atomic E-state index is 0.209. The van der Waals surface area contributed by atoms with Crippen LogP contribution in [0.25, 0.3) is 0 Å². The van der Waals surface area contributed by atoms with E-state index in [4.69, 9.17) is 10.2 Å². The van der Waals surface area contributed by atoms with E-state index >= 15 is 0 Å². The molecule has 0 aromatic carbocycles. The number of pyridine rings is 1. The molecule has 0 spiro atoms. The molecule has 3 nitrogen and oxygen atoms in total. The summed E-state index contributed by atoms with van der Waals surface area (Å²) in [4.78, 5) is 0. The van der Waals surface area contributed by atoms with E-state index in [2.05, 4.69) is 15.9 Å². The van der Waals surface area contributed by atoms with Crippen LogP contribution in [0.1, 0.15) is 0 Å². The molecule has 66 valence electrons. The van der Waals surface area contributed by atoms with E-state index < -0.39 is 6.10 Å². The number of aliphatic hydroxyl groups is 2. The average Bonchev–Trinajstić information content (AvgIpc) is 2.04. The van der Waals surface area contributed by atoms with Crippen molar-refractivity contribution in [2.45, 2.75) is 12.6 Å². The third kappa shape index (κ3) is 2.89. The Kier molecular flexibility index (Phi) is 3.65. The Balaban J connectivity index is 2.63. The van der Waals surface area contributed by atoms with Crippen LogP contribution in [0.4, 0.5) is 0 Å². The first-order chi connectivity index (χ1) is 5.72. The maximum absolute atomic E-state index is 9.12. The normalized spacial score (nSPS) is 12.9. The SMILES string of the molecule is OC[C@@H](O)C[n+]1cccc(Br)c1. The van der Waals surface area contributed by atoms with Crippen LogP contribution in [-0.2, 0) is 6.54 Å². The average molecular weight is 233 g/mol. The Morgan fingerprint density at radius 1 is 1.58 bits per heavy atom. The second-order valence-electron chi connectivity index (χ2n) is 2.56. The van der Waals surface area contributed by atoms with Gasteiger partial charge in [-0.05, 0) is 22.0 Å². The van der Waals surface area contributed by atoms with Gasteiger partial charge in [-0.25, -0.2) is 4.57 Å². The number of halogens is 1. The second-order valence-corrected chi connectivity index (χ2v) is 3.47. The molecule has 0 aliphatic rings. The first-order valence-corrected chi connectivity index (χ1v) is 4.45. The molecule has 0 unspecified atom stereocenters. The molecular weight excluding hydrogens is 222 g/mol. The van der Waals surface area contributed by atoms with Gasteiger partial charge in [-0.15, -0.1) is 0 Å². The van der Waals surface area contributed by atoms with Crippen molar-refractivity contribution in [2.75, 3.05) is 6.61 Å². The molecule has 0 fully saturated rings. The Morgan fingerprint density at radius 2 is 2.33 bits per heavy atom. The lowest BCUT2D eigenvalue weighted by Crippen LogP contribution is -2.40. The summed E-state index contributed by atoms with van der Waals surface area (Å²) >= 11 is 3.31. The molecule has 0 aliphatic carbocycles. The summed E-state index contributed by atoms with van der Waals surface area (Å²) in [6.07, 6.45) is 2.99. The van der Waals surface area contributed by atoms with E-state index in [-0.39, 0.29) is 6.61 Å². The van der Waals surface area contributed by atoms with Crippen LogP contribution in [0.2, 0.25) is 0 Å². The Morgan fingerprint density at radius 3 is 2.92 bits per heavy atom. The third-order valence-electron chi connectivity index (χ3n) is 1.45. The van der Waals surface area contributed by atoms with Gasteiger partial charge < -0.3 is 10.2 Å². The molecule has 1 aromatic rings. The Hall–Kier alpha value is -0.450. The minimum atomic E-state index is -0.690. The molecule has 1 aromatic heterocycles. The van der Waals surface area contributed by atoms with Crippen molar-refractivity contribution < 1.29 is 14.8 Å². The number of rotatable bonds is 3. The standard InChI is InChI=1S/C8H11BrNO2/c9-7-2-1-3-10(4-7)5-8(12)6-11/h1-4,8,11-12H,5-6H2/q+1/t8-/m0/s1. The molecular formula is C8H11BrNO2+. The first-order valence-electron chi connectivity index (χ1n) is 3.66. The molecule has 0 bridgehead atoms. The summed E-state index contributed by atoms with van der Waals surface area (Å²) in [5.41, 5.74) is 0. The molecule has 12 heavy (non-hydrogen) atoms. The number of hydrogen-bond acceptors (Lipinski definition) is 2. The molecule has 0 aliphatic heterocycles. The largest absolute Gasteiger partial charge is 0.393 e. The summed E-state index contributed by atoms with van der Waals surface area (Å²) in [6, 6.07) is 3.77. The molecule has 4 heteroatoms. The monoisotopic (exact) mass is 232 g/mol. The van der Waals surface area contributed by atoms with Crippen LogP contribution in [0.3, 0.4) is 0 Å². The van der Waals surface area contributed by atoms with Crippen LogP contribution >= 0.6 is 15.9 Å². The van der Waals surface area contributed by atoms with Crippen LogP contribution in [0, 0.1) is 0 Å². The number of aliphatic hydroxyl groups excluding tert-OH is 2. The van der Waals surface area contributed by atoms with Gasteiger partial charge in [0.25, 0.3) is 0 Å². The fraction of sp³-hybridized carbons (Fsp3) is 0.375. The van der Waals surface area contributed by atoms with E-state index in [0.717, 1.165) is 4.47 Å². The fourth-order valence-corrected chi connectivity index (χ4v) is 1.32. The van der Waals surface area contributed by atoms with Crippen molar-refractivity contribution in [3.8, 4) is 0 Å². The highest BCUT2D eigenvalue weighted by molar-refractivity contribution is 9.10. The summed E-state index contributed by atoms with van der Waals surface area (Å²) < 4.78 is 2.76. The fourth-order valence-electron chi connectivity index (χ4n) is 0.905. The van der Waals surface area contributed by atoms with E-state index in [9.17, 15) is 0 Å². The Bertz CT molecular complexity index is 255. The zero-order chi connectivity index (χ0) is 8.97. The van der Waals surface area contributed by atoms with Crippen molar-refractivity contribution >= 4 is 15.9 Å². The molecule has 0 saturated heterocycles. The van der Waals surface area contributed by atoms with Gasteiger partial charge in [-0.3, -0.25) is 0 Å². The van der Waals surface area contributed by atoms with Gasteiger partial charge in [0.2, 0.25) is 0 Å². The van der Waals surface area contributed by atoms with Crippen molar-refractivity contribution in [3.05, 3.63) is 29.0 Å². The third-order valence-corrected chi connectivity index (χ3v) is 1.92. The quantitative estimate of drug-likeness (QED) is 0.726. The zero-order valence-corrected chi connectivity index (χ0v) is 8.11.